The topological polar surface area (TPSA) is 358 Å². The molecular formula is C72H56Cl16O20Ru4. The maximum atomic E-state index is 10.3. The zero-order valence-electron chi connectivity index (χ0n) is 56.8. The van der Waals surface area contributed by atoms with Gasteiger partial charge in [-0.05, 0) is 193 Å². The van der Waals surface area contributed by atoms with Crippen molar-refractivity contribution >= 4 is 233 Å². The van der Waals surface area contributed by atoms with Crippen LogP contribution < -0.4 is 40.9 Å². The van der Waals surface area contributed by atoms with Crippen molar-refractivity contribution in [1.82, 2.24) is 0 Å². The van der Waals surface area contributed by atoms with Crippen LogP contribution in [0.3, 0.4) is 0 Å². The van der Waals surface area contributed by atoms with E-state index >= 15 is 0 Å². The van der Waals surface area contributed by atoms with Gasteiger partial charge in [-0.25, -0.2) is 0 Å². The Bertz CT molecular complexity index is 3450. The van der Waals surface area contributed by atoms with E-state index in [1.807, 2.05) is 0 Å². The van der Waals surface area contributed by atoms with Gasteiger partial charge in [0.1, 0.15) is 0 Å². The minimum absolute atomic E-state index is 0. The number of carbonyl (C=O) groups excluding carboxylic acids is 8. The van der Waals surface area contributed by atoms with Crippen LogP contribution in [0, 0.1) is 0 Å². The van der Waals surface area contributed by atoms with Gasteiger partial charge in [-0.2, -0.15) is 0 Å². The summed E-state index contributed by atoms with van der Waals surface area (Å²) in [7, 11) is 0. The zero-order valence-corrected chi connectivity index (χ0v) is 75.8. The molecule has 0 atom stereocenters. The Kier molecular flexibility index (Phi) is 67.1. The molecule has 0 amide bonds. The molecule has 0 bridgehead atoms. The molecule has 0 saturated carbocycles. The van der Waals surface area contributed by atoms with Crippen molar-refractivity contribution in [1.29, 1.82) is 0 Å². The Morgan fingerprint density at radius 3 is 0.321 bits per heavy atom. The van der Waals surface area contributed by atoms with Crippen molar-refractivity contribution in [2.75, 3.05) is 52.9 Å². The number of carboxylic acids is 8. The monoisotopic (exact) mass is 2210 g/mol. The smallest absolute Gasteiger partial charge is 0.545 e. The van der Waals surface area contributed by atoms with Crippen LogP contribution in [0.25, 0.3) is 0 Å². The van der Waals surface area contributed by atoms with Gasteiger partial charge in [0.25, 0.3) is 0 Å². The predicted octanol–water partition coefficient (Wildman–Crippen LogP) is 14.0. The van der Waals surface area contributed by atoms with Crippen LogP contribution in [0.1, 0.15) is 134 Å². The van der Waals surface area contributed by atoms with Gasteiger partial charge < -0.3 is 98.2 Å². The number of hydrogen-bond acceptors (Lipinski definition) is 20. The molecule has 40 heteroatoms. The number of carbonyl (C=O) groups is 8. The van der Waals surface area contributed by atoms with E-state index in [4.69, 9.17) is 205 Å². The first-order valence-corrected chi connectivity index (χ1v) is 36.6. The minimum atomic E-state index is -1.26. The second-order valence-corrected chi connectivity index (χ2v) is 27.1. The molecule has 0 unspecified atom stereocenters. The van der Waals surface area contributed by atoms with Crippen molar-refractivity contribution in [3.63, 3.8) is 0 Å². The summed E-state index contributed by atoms with van der Waals surface area (Å²) in [6.45, 7) is 8.00. The Balaban J connectivity index is -0.000000571. The van der Waals surface area contributed by atoms with Crippen molar-refractivity contribution < 1.29 is 176 Å². The van der Waals surface area contributed by atoms with E-state index in [0.717, 1.165) is 52.9 Å². The average Bonchev–Trinajstić information content (AvgIpc) is 1.60. The molecule has 0 aromatic heterocycles. The molecule has 20 nitrogen and oxygen atoms in total. The second-order valence-electron chi connectivity index (χ2n) is 20.6. The molecule has 112 heavy (non-hydrogen) atoms. The van der Waals surface area contributed by atoms with E-state index < -0.39 is 47.8 Å². The first kappa shape index (κ1) is 115. The van der Waals surface area contributed by atoms with E-state index in [9.17, 15) is 79.2 Å². The van der Waals surface area contributed by atoms with E-state index in [2.05, 4.69) is 0 Å². The van der Waals surface area contributed by atoms with Crippen molar-refractivity contribution in [3.8, 4) is 0 Å². The van der Waals surface area contributed by atoms with E-state index in [-0.39, 0.29) is 163 Å². The van der Waals surface area contributed by atoms with Crippen LogP contribution in [0.2, 0.25) is 80.4 Å². The Morgan fingerprint density at radius 2 is 0.268 bits per heavy atom. The Labute approximate surface area is 775 Å². The molecule has 4 heterocycles. The first-order valence-electron chi connectivity index (χ1n) is 30.5. The SMILES string of the molecule is C1CCOC1.C1CCOC1.C1CCOC1.C1CCOC1.O=C([O-])c1ccc(Cl)c(Cl)c1.O=C([O-])c1ccc(Cl)c(Cl)c1.O=C([O-])c1ccc(Cl)c(Cl)c1.O=C([O-])c1ccc(Cl)c(Cl)c1.O=C([O-])c1ccc(Cl)c(Cl)c1.O=C([O-])c1ccc(Cl)c(Cl)c1.O=C([O-])c1ccc(Cl)c(Cl)c1.O=C([O-])c1ccc(Cl)c(Cl)c1.[Ru+2].[Ru+2].[Ru+2].[Ru+2]. The molecule has 608 valence electrons. The first-order chi connectivity index (χ1) is 50.9. The summed E-state index contributed by atoms with van der Waals surface area (Å²) >= 11 is 88.6. The van der Waals surface area contributed by atoms with Crippen LogP contribution in [-0.2, 0) is 96.9 Å². The fourth-order valence-electron chi connectivity index (χ4n) is 7.03. The minimum Gasteiger partial charge on any atom is -0.545 e. The number of rotatable bonds is 8. The summed E-state index contributed by atoms with van der Waals surface area (Å²) in [6, 6.07) is 32.0. The van der Waals surface area contributed by atoms with E-state index in [0.29, 0.717) is 40.2 Å². The van der Waals surface area contributed by atoms with Gasteiger partial charge >= 0.3 is 77.9 Å². The quantitative estimate of drug-likeness (QED) is 0.128. The van der Waals surface area contributed by atoms with Gasteiger partial charge in [-0.3, -0.25) is 0 Å². The summed E-state index contributed by atoms with van der Waals surface area (Å²) in [6.07, 6.45) is 10.2. The van der Waals surface area contributed by atoms with Crippen LogP contribution in [-0.4, -0.2) is 101 Å². The molecule has 0 spiro atoms. The second kappa shape index (κ2) is 65.4. The maximum absolute atomic E-state index is 10.3. The molecule has 0 radical (unpaired) electrons. The van der Waals surface area contributed by atoms with E-state index in [1.54, 1.807) is 0 Å². The molecule has 4 aliphatic heterocycles. The number of halogens is 16. The van der Waals surface area contributed by atoms with Gasteiger partial charge in [0.15, 0.2) is 0 Å². The van der Waals surface area contributed by atoms with Gasteiger partial charge in [-0.1, -0.05) is 234 Å². The van der Waals surface area contributed by atoms with Gasteiger partial charge in [0.2, 0.25) is 0 Å². The number of aromatic carboxylic acids is 8. The third-order valence-electron chi connectivity index (χ3n) is 12.6. The van der Waals surface area contributed by atoms with Crippen LogP contribution in [0.15, 0.2) is 146 Å². The molecule has 8 aromatic rings. The molecule has 8 aromatic carbocycles. The standard InChI is InChI=1S/8C7H4Cl2O2.4C4H8O.4Ru/c8*8-5-2-1-4(7(10)11)3-6(5)9;4*1-2-4-5-3-1;;;;/h8*1-3H,(H,10,11);4*1-4H2;;;;/q;;;;;;;;;;;;4*+2/p-8. The van der Waals surface area contributed by atoms with Crippen molar-refractivity contribution in [3.05, 3.63) is 270 Å². The van der Waals surface area contributed by atoms with Crippen LogP contribution in [0.5, 0.6) is 0 Å². The largest absolute Gasteiger partial charge is 2.00 e. The normalized spacial score (nSPS) is 11.9. The van der Waals surface area contributed by atoms with Gasteiger partial charge in [0, 0.05) is 52.9 Å². The molecule has 0 N–H and O–H groups in total. The third kappa shape index (κ3) is 51.0. The molecule has 0 aliphatic carbocycles. The number of hydrogen-bond donors (Lipinski definition) is 0. The Hall–Kier alpha value is -3.51. The zero-order chi connectivity index (χ0) is 81.6. The maximum Gasteiger partial charge on any atom is 2.00 e. The predicted molar refractivity (Wildman–Crippen MR) is 407 cm³/mol. The van der Waals surface area contributed by atoms with E-state index in [1.165, 1.54) is 197 Å². The fourth-order valence-corrected chi connectivity index (χ4v) is 9.41. The summed E-state index contributed by atoms with van der Waals surface area (Å²) in [5, 5.41) is 86.4. The molecule has 4 fully saturated rings. The number of carboxylic acid groups (broad SMARTS) is 8. The summed E-state index contributed by atoms with van der Waals surface area (Å²) in [5.41, 5.74) is 0.218. The van der Waals surface area contributed by atoms with Gasteiger partial charge in [0.05, 0.1) is 128 Å². The molecule has 12 rings (SSSR count). The van der Waals surface area contributed by atoms with Crippen LogP contribution in [0.4, 0.5) is 0 Å². The summed E-state index contributed by atoms with van der Waals surface area (Å²) < 4.78 is 19.8. The molecule has 4 aliphatic rings. The average molecular weight is 2210 g/mol. The summed E-state index contributed by atoms with van der Waals surface area (Å²) in [4.78, 5) is 82.0. The Morgan fingerprint density at radius 1 is 0.179 bits per heavy atom. The number of ether oxygens (including phenoxy) is 4. The molecular weight excluding hydrogens is 2160 g/mol. The van der Waals surface area contributed by atoms with Gasteiger partial charge in [-0.15, -0.1) is 0 Å². The summed E-state index contributed by atoms with van der Waals surface area (Å²) in [5.74, 6) is -10.1. The van der Waals surface area contributed by atoms with Crippen molar-refractivity contribution in [2.45, 2.75) is 51.4 Å². The fraction of sp³-hybridized carbons (Fsp3) is 0.222. The van der Waals surface area contributed by atoms with Crippen LogP contribution >= 0.6 is 186 Å². The number of benzene rings is 8. The van der Waals surface area contributed by atoms with Crippen molar-refractivity contribution in [2.24, 2.45) is 0 Å². The molecule has 4 saturated heterocycles. The third-order valence-corrected chi connectivity index (χ3v) is 18.5.